The summed E-state index contributed by atoms with van der Waals surface area (Å²) in [5.74, 6) is -0.220. The van der Waals surface area contributed by atoms with Gasteiger partial charge in [0.15, 0.2) is 11.5 Å². The predicted octanol–water partition coefficient (Wildman–Crippen LogP) is 4.37. The molecule has 1 N–H and O–H groups in total. The molecule has 6 nitrogen and oxygen atoms in total. The van der Waals surface area contributed by atoms with Gasteiger partial charge in [0.1, 0.15) is 6.04 Å². The van der Waals surface area contributed by atoms with Crippen LogP contribution >= 0.6 is 0 Å². The van der Waals surface area contributed by atoms with Crippen LogP contribution in [0.15, 0.2) is 36.4 Å². The quantitative estimate of drug-likeness (QED) is 0.691. The van der Waals surface area contributed by atoms with Crippen LogP contribution in [0.5, 0.6) is 17.2 Å². The van der Waals surface area contributed by atoms with Crippen LogP contribution in [0.2, 0.25) is 0 Å². The highest BCUT2D eigenvalue weighted by atomic mass is 19.4. The molecule has 1 aliphatic heterocycles. The van der Waals surface area contributed by atoms with E-state index in [0.717, 1.165) is 6.07 Å². The molecule has 0 radical (unpaired) electrons. The number of rotatable bonds is 7. The second-order valence-corrected chi connectivity index (χ2v) is 7.18. The third-order valence-corrected chi connectivity index (χ3v) is 5.47. The highest BCUT2D eigenvalue weighted by Crippen LogP contribution is 2.46. The molecule has 3 rings (SSSR count). The smallest absolute Gasteiger partial charge is 0.416 e. The van der Waals surface area contributed by atoms with E-state index in [9.17, 15) is 23.1 Å². The summed E-state index contributed by atoms with van der Waals surface area (Å²) in [5, 5.41) is 9.71. The summed E-state index contributed by atoms with van der Waals surface area (Å²) < 4.78 is 57.7. The third kappa shape index (κ3) is 4.41. The molecule has 31 heavy (non-hydrogen) atoms. The summed E-state index contributed by atoms with van der Waals surface area (Å²) in [6.07, 6.45) is -3.69. The van der Waals surface area contributed by atoms with Gasteiger partial charge in [0.05, 0.1) is 32.9 Å². The SMILES string of the molecule is COc1cc(C(c2ccccc2C(F)(F)F)N2CCCC2C(=O)O)cc(OC)c1OC. The number of carboxylic acid groups (broad SMARTS) is 1. The van der Waals surface area contributed by atoms with Gasteiger partial charge in [0, 0.05) is 6.54 Å². The van der Waals surface area contributed by atoms with Crippen molar-refractivity contribution in [1.82, 2.24) is 4.90 Å². The number of benzene rings is 2. The minimum absolute atomic E-state index is 0.0302. The first-order chi connectivity index (χ1) is 14.7. The highest BCUT2D eigenvalue weighted by Gasteiger charge is 2.42. The zero-order valence-corrected chi connectivity index (χ0v) is 17.4. The maximum Gasteiger partial charge on any atom is 0.416 e. The number of carbonyl (C=O) groups is 1. The second-order valence-electron chi connectivity index (χ2n) is 7.18. The number of alkyl halides is 3. The van der Waals surface area contributed by atoms with Crippen LogP contribution in [-0.2, 0) is 11.0 Å². The highest BCUT2D eigenvalue weighted by molar-refractivity contribution is 5.74. The van der Waals surface area contributed by atoms with Crippen LogP contribution in [0.4, 0.5) is 13.2 Å². The first-order valence-electron chi connectivity index (χ1n) is 9.67. The first kappa shape index (κ1) is 22.7. The number of aliphatic carboxylic acids is 1. The number of ether oxygens (including phenoxy) is 3. The van der Waals surface area contributed by atoms with Gasteiger partial charge >= 0.3 is 12.1 Å². The molecule has 2 unspecified atom stereocenters. The molecular weight excluding hydrogens is 415 g/mol. The fourth-order valence-corrected chi connectivity index (χ4v) is 4.17. The number of likely N-dealkylation sites (tertiary alicyclic amines) is 1. The summed E-state index contributed by atoms with van der Waals surface area (Å²) in [7, 11) is 4.25. The van der Waals surface area contributed by atoms with E-state index < -0.39 is 29.8 Å². The average molecular weight is 439 g/mol. The molecule has 0 aliphatic carbocycles. The number of halogens is 3. The number of hydrogen-bond acceptors (Lipinski definition) is 5. The predicted molar refractivity (Wildman–Crippen MR) is 107 cm³/mol. The standard InChI is InChI=1S/C22H24F3NO5/c1-29-17-11-13(12-18(30-2)20(17)31-3)19(26-10-6-9-16(26)21(27)28)14-7-4-5-8-15(14)22(23,24)25/h4-5,7-8,11-12,16,19H,6,9-10H2,1-3H3,(H,27,28). The van der Waals surface area contributed by atoms with Gasteiger partial charge in [-0.1, -0.05) is 18.2 Å². The molecule has 1 saturated heterocycles. The van der Waals surface area contributed by atoms with Crippen LogP contribution in [0.3, 0.4) is 0 Å². The van der Waals surface area contributed by atoms with Crippen molar-refractivity contribution in [1.29, 1.82) is 0 Å². The zero-order chi connectivity index (χ0) is 22.8. The van der Waals surface area contributed by atoms with Gasteiger partial charge in [0.2, 0.25) is 5.75 Å². The molecule has 168 valence electrons. The van der Waals surface area contributed by atoms with Crippen LogP contribution in [0.1, 0.15) is 35.6 Å². The summed E-state index contributed by atoms with van der Waals surface area (Å²) in [5.41, 5.74) is -0.429. The zero-order valence-electron chi connectivity index (χ0n) is 17.4. The Labute approximate surface area is 178 Å². The molecule has 0 aromatic heterocycles. The van der Waals surface area contributed by atoms with Crippen LogP contribution in [-0.4, -0.2) is 49.9 Å². The largest absolute Gasteiger partial charge is 0.493 e. The van der Waals surface area contributed by atoms with Crippen LogP contribution in [0, 0.1) is 0 Å². The molecule has 0 amide bonds. The van der Waals surface area contributed by atoms with E-state index in [1.165, 1.54) is 39.5 Å². The van der Waals surface area contributed by atoms with Crippen molar-refractivity contribution in [2.75, 3.05) is 27.9 Å². The maximum absolute atomic E-state index is 13.9. The van der Waals surface area contributed by atoms with Gasteiger partial charge in [-0.05, 0) is 42.2 Å². The van der Waals surface area contributed by atoms with Crippen molar-refractivity contribution in [2.45, 2.75) is 31.1 Å². The normalized spacial score (nSPS) is 17.9. The fourth-order valence-electron chi connectivity index (χ4n) is 4.17. The summed E-state index contributed by atoms with van der Waals surface area (Å²) in [6, 6.07) is 6.46. The van der Waals surface area contributed by atoms with Crippen LogP contribution in [0.25, 0.3) is 0 Å². The van der Waals surface area contributed by atoms with Crippen LogP contribution < -0.4 is 14.2 Å². The van der Waals surface area contributed by atoms with Gasteiger partial charge in [0.25, 0.3) is 0 Å². The van der Waals surface area contributed by atoms with E-state index in [2.05, 4.69) is 0 Å². The topological polar surface area (TPSA) is 68.2 Å². The Bertz CT molecular complexity index is 922. The van der Waals surface area contributed by atoms with Gasteiger partial charge in [-0.3, -0.25) is 9.69 Å². The molecule has 1 fully saturated rings. The Morgan fingerprint density at radius 2 is 1.71 bits per heavy atom. The van der Waals surface area contributed by atoms with E-state index >= 15 is 0 Å². The number of nitrogens with zero attached hydrogens (tertiary/aromatic N) is 1. The Morgan fingerprint density at radius 1 is 1.10 bits per heavy atom. The molecule has 2 aromatic carbocycles. The molecule has 0 spiro atoms. The summed E-state index contributed by atoms with van der Waals surface area (Å²) in [4.78, 5) is 13.5. The van der Waals surface area contributed by atoms with Crippen molar-refractivity contribution >= 4 is 5.97 Å². The minimum atomic E-state index is -4.60. The van der Waals surface area contributed by atoms with Crippen molar-refractivity contribution < 1.29 is 37.3 Å². The van der Waals surface area contributed by atoms with Gasteiger partial charge in [-0.15, -0.1) is 0 Å². The minimum Gasteiger partial charge on any atom is -0.493 e. The van der Waals surface area contributed by atoms with Gasteiger partial charge in [-0.2, -0.15) is 13.2 Å². The lowest BCUT2D eigenvalue weighted by Gasteiger charge is -2.34. The molecule has 0 saturated carbocycles. The van der Waals surface area contributed by atoms with Crippen molar-refractivity contribution in [2.24, 2.45) is 0 Å². The van der Waals surface area contributed by atoms with Crippen molar-refractivity contribution in [3.05, 3.63) is 53.1 Å². The van der Waals surface area contributed by atoms with E-state index in [0.29, 0.717) is 30.7 Å². The lowest BCUT2D eigenvalue weighted by molar-refractivity contribution is -0.143. The summed E-state index contributed by atoms with van der Waals surface area (Å²) in [6.45, 7) is 0.338. The molecule has 1 aliphatic rings. The van der Waals surface area contributed by atoms with Gasteiger partial charge < -0.3 is 19.3 Å². The monoisotopic (exact) mass is 439 g/mol. The molecule has 2 atom stereocenters. The first-order valence-corrected chi connectivity index (χ1v) is 9.67. The number of carboxylic acids is 1. The Morgan fingerprint density at radius 3 is 2.23 bits per heavy atom. The molecule has 2 aromatic rings. The van der Waals surface area contributed by atoms with Crippen molar-refractivity contribution in [3.8, 4) is 17.2 Å². The average Bonchev–Trinajstić information content (AvgIpc) is 3.22. The van der Waals surface area contributed by atoms with E-state index in [-0.39, 0.29) is 17.1 Å². The molecular formula is C22H24F3NO5. The number of methoxy groups -OCH3 is 3. The van der Waals surface area contributed by atoms with E-state index in [1.807, 2.05) is 0 Å². The Balaban J connectivity index is 2.28. The lowest BCUT2D eigenvalue weighted by Crippen LogP contribution is -2.40. The second kappa shape index (κ2) is 9.05. The Kier molecular flexibility index (Phi) is 6.64. The Hall–Kier alpha value is -2.94. The fraction of sp³-hybridized carbons (Fsp3) is 0.409. The molecule has 0 bridgehead atoms. The van der Waals surface area contributed by atoms with E-state index in [4.69, 9.17) is 14.2 Å². The summed E-state index contributed by atoms with van der Waals surface area (Å²) >= 11 is 0. The third-order valence-electron chi connectivity index (χ3n) is 5.47. The number of hydrogen-bond donors (Lipinski definition) is 1. The molecule has 1 heterocycles. The van der Waals surface area contributed by atoms with Gasteiger partial charge in [-0.25, -0.2) is 0 Å². The lowest BCUT2D eigenvalue weighted by atomic mass is 9.91. The van der Waals surface area contributed by atoms with E-state index in [1.54, 1.807) is 17.0 Å². The maximum atomic E-state index is 13.9. The molecule has 9 heteroatoms. The van der Waals surface area contributed by atoms with Crippen molar-refractivity contribution in [3.63, 3.8) is 0 Å².